The van der Waals surface area contributed by atoms with E-state index in [1.165, 1.54) is 4.68 Å². The fourth-order valence-corrected chi connectivity index (χ4v) is 2.33. The molecular weight excluding hydrogens is 264 g/mol. The molecule has 4 heteroatoms. The number of rotatable bonds is 3. The van der Waals surface area contributed by atoms with Gasteiger partial charge in [0.2, 0.25) is 0 Å². The zero-order chi connectivity index (χ0) is 14.8. The molecule has 4 nitrogen and oxygen atoms in total. The molecule has 0 aliphatic rings. The Morgan fingerprint density at radius 3 is 2.43 bits per heavy atom. The standard InChI is InChI=1S/C17H16N2O2/c1-12-5-3-4-6-15(12)16-11-17(20)19(18-16)13-7-9-14(21-2)10-8-13/h3-11,18H,1-2H3. The third-order valence-corrected chi connectivity index (χ3v) is 3.49. The Kier molecular flexibility index (Phi) is 3.36. The summed E-state index contributed by atoms with van der Waals surface area (Å²) in [5, 5.41) is 3.16. The third-order valence-electron chi connectivity index (χ3n) is 3.49. The summed E-state index contributed by atoms with van der Waals surface area (Å²) in [6.45, 7) is 2.03. The summed E-state index contributed by atoms with van der Waals surface area (Å²) >= 11 is 0. The quantitative estimate of drug-likeness (QED) is 0.801. The molecule has 1 heterocycles. The van der Waals surface area contributed by atoms with Gasteiger partial charge in [-0.15, -0.1) is 0 Å². The van der Waals surface area contributed by atoms with E-state index in [-0.39, 0.29) is 5.56 Å². The third kappa shape index (κ3) is 2.48. The molecule has 21 heavy (non-hydrogen) atoms. The molecule has 0 fully saturated rings. The van der Waals surface area contributed by atoms with E-state index < -0.39 is 0 Å². The second kappa shape index (κ2) is 5.32. The zero-order valence-electron chi connectivity index (χ0n) is 12.0. The first-order valence-corrected chi connectivity index (χ1v) is 6.71. The average molecular weight is 280 g/mol. The summed E-state index contributed by atoms with van der Waals surface area (Å²) in [6, 6.07) is 16.9. The van der Waals surface area contributed by atoms with Gasteiger partial charge in [-0.1, -0.05) is 24.3 Å². The van der Waals surface area contributed by atoms with Crippen molar-refractivity contribution in [3.8, 4) is 22.7 Å². The minimum Gasteiger partial charge on any atom is -0.497 e. The van der Waals surface area contributed by atoms with Gasteiger partial charge in [-0.05, 0) is 36.8 Å². The largest absolute Gasteiger partial charge is 0.497 e. The maximum Gasteiger partial charge on any atom is 0.271 e. The smallest absolute Gasteiger partial charge is 0.271 e. The number of nitrogens with zero attached hydrogens (tertiary/aromatic N) is 1. The molecule has 0 bridgehead atoms. The van der Waals surface area contributed by atoms with Crippen molar-refractivity contribution in [3.05, 3.63) is 70.5 Å². The predicted molar refractivity (Wildman–Crippen MR) is 83.1 cm³/mol. The van der Waals surface area contributed by atoms with E-state index in [0.717, 1.165) is 28.3 Å². The second-order valence-electron chi connectivity index (χ2n) is 4.86. The van der Waals surface area contributed by atoms with Crippen molar-refractivity contribution >= 4 is 0 Å². The number of methoxy groups -OCH3 is 1. The van der Waals surface area contributed by atoms with Crippen LogP contribution in [0.15, 0.2) is 59.4 Å². The first-order valence-electron chi connectivity index (χ1n) is 6.71. The monoisotopic (exact) mass is 280 g/mol. The summed E-state index contributed by atoms with van der Waals surface area (Å²) in [5.41, 5.74) is 3.66. The van der Waals surface area contributed by atoms with Crippen molar-refractivity contribution in [2.45, 2.75) is 6.92 Å². The summed E-state index contributed by atoms with van der Waals surface area (Å²) in [7, 11) is 1.62. The van der Waals surface area contributed by atoms with Crippen LogP contribution in [0.25, 0.3) is 16.9 Å². The lowest BCUT2D eigenvalue weighted by Crippen LogP contribution is -2.13. The van der Waals surface area contributed by atoms with Crippen molar-refractivity contribution < 1.29 is 4.74 Å². The van der Waals surface area contributed by atoms with Gasteiger partial charge < -0.3 is 4.74 Å². The molecule has 0 aliphatic heterocycles. The molecule has 0 aliphatic carbocycles. The van der Waals surface area contributed by atoms with E-state index in [1.54, 1.807) is 13.2 Å². The zero-order valence-corrected chi connectivity index (χ0v) is 12.0. The van der Waals surface area contributed by atoms with Crippen molar-refractivity contribution in [2.24, 2.45) is 0 Å². The van der Waals surface area contributed by atoms with E-state index in [1.807, 2.05) is 55.5 Å². The lowest BCUT2D eigenvalue weighted by molar-refractivity contribution is 0.414. The molecule has 106 valence electrons. The van der Waals surface area contributed by atoms with Gasteiger partial charge in [0.15, 0.2) is 0 Å². The molecular formula is C17H16N2O2. The lowest BCUT2D eigenvalue weighted by atomic mass is 10.1. The Labute approximate surface area is 122 Å². The SMILES string of the molecule is COc1ccc(-n2[nH]c(-c3ccccc3C)cc2=O)cc1. The minimum atomic E-state index is -0.0848. The van der Waals surface area contributed by atoms with Crippen LogP contribution in [0.1, 0.15) is 5.56 Å². The van der Waals surface area contributed by atoms with Crippen LogP contribution in [0.2, 0.25) is 0 Å². The van der Waals surface area contributed by atoms with Gasteiger partial charge in [0.05, 0.1) is 18.5 Å². The number of hydrogen-bond acceptors (Lipinski definition) is 2. The summed E-state index contributed by atoms with van der Waals surface area (Å²) in [6.07, 6.45) is 0. The van der Waals surface area contributed by atoms with Crippen LogP contribution in [0.4, 0.5) is 0 Å². The van der Waals surface area contributed by atoms with E-state index in [9.17, 15) is 4.79 Å². The lowest BCUT2D eigenvalue weighted by Gasteiger charge is -2.05. The Bertz CT molecular complexity index is 813. The molecule has 1 aromatic heterocycles. The number of benzene rings is 2. The molecule has 0 saturated carbocycles. The van der Waals surface area contributed by atoms with Crippen LogP contribution in [-0.2, 0) is 0 Å². The first-order chi connectivity index (χ1) is 10.2. The summed E-state index contributed by atoms with van der Waals surface area (Å²) < 4.78 is 6.66. The highest BCUT2D eigenvalue weighted by Crippen LogP contribution is 2.21. The first kappa shape index (κ1) is 13.2. The van der Waals surface area contributed by atoms with Crippen molar-refractivity contribution in [3.63, 3.8) is 0 Å². The molecule has 0 unspecified atom stereocenters. The Morgan fingerprint density at radius 1 is 1.05 bits per heavy atom. The normalized spacial score (nSPS) is 10.6. The maximum absolute atomic E-state index is 12.2. The predicted octanol–water partition coefficient (Wildman–Crippen LogP) is 3.15. The van der Waals surface area contributed by atoms with Gasteiger partial charge in [0.25, 0.3) is 5.56 Å². The van der Waals surface area contributed by atoms with Gasteiger partial charge in [-0.25, -0.2) is 4.68 Å². The summed E-state index contributed by atoms with van der Waals surface area (Å²) in [4.78, 5) is 12.2. The van der Waals surface area contributed by atoms with E-state index in [0.29, 0.717) is 0 Å². The number of hydrogen-bond donors (Lipinski definition) is 1. The number of aromatic nitrogens is 2. The van der Waals surface area contributed by atoms with Crippen LogP contribution in [0.3, 0.4) is 0 Å². The van der Waals surface area contributed by atoms with Crippen LogP contribution in [0.5, 0.6) is 5.75 Å². The number of ether oxygens (including phenoxy) is 1. The van der Waals surface area contributed by atoms with Crippen molar-refractivity contribution in [2.75, 3.05) is 7.11 Å². The van der Waals surface area contributed by atoms with Gasteiger partial charge >= 0.3 is 0 Å². The highest BCUT2D eigenvalue weighted by Gasteiger charge is 2.08. The summed E-state index contributed by atoms with van der Waals surface area (Å²) in [5.74, 6) is 0.762. The van der Waals surface area contributed by atoms with Gasteiger partial charge in [0, 0.05) is 11.6 Å². The number of H-pyrrole nitrogens is 1. The van der Waals surface area contributed by atoms with Crippen LogP contribution >= 0.6 is 0 Å². The Hall–Kier alpha value is -2.75. The molecule has 0 atom stereocenters. The molecule has 0 radical (unpaired) electrons. The highest BCUT2D eigenvalue weighted by atomic mass is 16.5. The van der Waals surface area contributed by atoms with Crippen LogP contribution in [-0.4, -0.2) is 16.9 Å². The Morgan fingerprint density at radius 2 is 1.76 bits per heavy atom. The maximum atomic E-state index is 12.2. The van der Waals surface area contributed by atoms with Crippen molar-refractivity contribution in [1.29, 1.82) is 0 Å². The number of aryl methyl sites for hydroxylation is 1. The fourth-order valence-electron chi connectivity index (χ4n) is 2.33. The van der Waals surface area contributed by atoms with E-state index in [2.05, 4.69) is 5.10 Å². The van der Waals surface area contributed by atoms with Gasteiger partial charge in [0.1, 0.15) is 5.75 Å². The molecule has 2 aromatic carbocycles. The van der Waals surface area contributed by atoms with Gasteiger partial charge in [-0.3, -0.25) is 9.89 Å². The topological polar surface area (TPSA) is 47.0 Å². The molecule has 1 N–H and O–H groups in total. The average Bonchev–Trinajstić information content (AvgIpc) is 2.89. The molecule has 3 rings (SSSR count). The highest BCUT2D eigenvalue weighted by molar-refractivity contribution is 5.63. The molecule has 3 aromatic rings. The van der Waals surface area contributed by atoms with E-state index in [4.69, 9.17) is 4.74 Å². The second-order valence-corrected chi connectivity index (χ2v) is 4.86. The minimum absolute atomic E-state index is 0.0848. The number of nitrogens with one attached hydrogen (secondary N) is 1. The molecule has 0 spiro atoms. The van der Waals surface area contributed by atoms with Gasteiger partial charge in [-0.2, -0.15) is 0 Å². The van der Waals surface area contributed by atoms with E-state index >= 15 is 0 Å². The Balaban J connectivity index is 2.05. The van der Waals surface area contributed by atoms with Crippen LogP contribution in [0, 0.1) is 6.92 Å². The fraction of sp³-hybridized carbons (Fsp3) is 0.118. The van der Waals surface area contributed by atoms with Crippen molar-refractivity contribution in [1.82, 2.24) is 9.78 Å². The number of aromatic amines is 1. The van der Waals surface area contributed by atoms with Crippen LogP contribution < -0.4 is 10.3 Å². The molecule has 0 saturated heterocycles. The molecule has 0 amide bonds.